The minimum atomic E-state index is 0.188. The molecule has 0 saturated carbocycles. The smallest absolute Gasteiger partial charge is 0.201 e. The molecule has 0 radical (unpaired) electrons. The van der Waals surface area contributed by atoms with Crippen LogP contribution in [0.4, 0.5) is 5.95 Å². The van der Waals surface area contributed by atoms with Crippen molar-refractivity contribution < 1.29 is 0 Å². The van der Waals surface area contributed by atoms with Crippen LogP contribution in [-0.2, 0) is 0 Å². The molecule has 2 N–H and O–H groups in total. The van der Waals surface area contributed by atoms with Crippen LogP contribution in [0.25, 0.3) is 11.0 Å². The molecule has 0 amide bonds. The van der Waals surface area contributed by atoms with Gasteiger partial charge in [-0.15, -0.1) is 0 Å². The van der Waals surface area contributed by atoms with Crippen LogP contribution in [0.3, 0.4) is 0 Å². The Morgan fingerprint density at radius 1 is 1.11 bits per heavy atom. The number of H-pyrrole nitrogens is 1. The number of hydrogen-bond donors (Lipinski definition) is 2. The van der Waals surface area contributed by atoms with E-state index in [-0.39, 0.29) is 6.04 Å². The Labute approximate surface area is 105 Å². The summed E-state index contributed by atoms with van der Waals surface area (Å²) in [6, 6.07) is 12.2. The summed E-state index contributed by atoms with van der Waals surface area (Å²) in [4.78, 5) is 11.8. The minimum absolute atomic E-state index is 0.188. The van der Waals surface area contributed by atoms with Crippen molar-refractivity contribution in [2.75, 3.05) is 5.32 Å². The summed E-state index contributed by atoms with van der Waals surface area (Å²) in [5, 5.41) is 3.35. The number of fused-ring (bicyclic) bond motifs is 1. The summed E-state index contributed by atoms with van der Waals surface area (Å²) in [5.41, 5.74) is 3.20. The lowest BCUT2D eigenvalue weighted by atomic mass is 10.1. The number of benzene rings is 1. The molecule has 0 spiro atoms. The van der Waals surface area contributed by atoms with Gasteiger partial charge in [0, 0.05) is 12.4 Å². The van der Waals surface area contributed by atoms with Crippen molar-refractivity contribution in [2.24, 2.45) is 0 Å². The molecule has 0 aliphatic rings. The molecule has 0 aliphatic heterocycles. The molecule has 1 aromatic carbocycles. The van der Waals surface area contributed by atoms with E-state index in [1.807, 2.05) is 36.4 Å². The number of anilines is 1. The van der Waals surface area contributed by atoms with Crippen molar-refractivity contribution in [2.45, 2.75) is 13.0 Å². The summed E-state index contributed by atoms with van der Waals surface area (Å²) in [6.07, 6.45) is 3.60. The fourth-order valence-electron chi connectivity index (χ4n) is 1.96. The van der Waals surface area contributed by atoms with Gasteiger partial charge in [-0.2, -0.15) is 0 Å². The molecule has 2 heterocycles. The minimum Gasteiger partial charge on any atom is -0.349 e. The van der Waals surface area contributed by atoms with Crippen LogP contribution in [-0.4, -0.2) is 15.0 Å². The van der Waals surface area contributed by atoms with Gasteiger partial charge in [-0.25, -0.2) is 4.98 Å². The zero-order valence-corrected chi connectivity index (χ0v) is 10.1. The molecule has 4 nitrogen and oxygen atoms in total. The third-order valence-electron chi connectivity index (χ3n) is 2.95. The molecule has 1 atom stereocenters. The summed E-state index contributed by atoms with van der Waals surface area (Å²) in [7, 11) is 0. The van der Waals surface area contributed by atoms with Crippen molar-refractivity contribution >= 4 is 17.0 Å². The highest BCUT2D eigenvalue weighted by atomic mass is 15.1. The standard InChI is InChI=1S/C14H14N4/c1-10(11-6-8-15-9-7-11)16-14-17-12-4-2-3-5-13(12)18-14/h2-10H,1H3,(H2,16,17,18). The third-order valence-corrected chi connectivity index (χ3v) is 2.95. The van der Waals surface area contributed by atoms with Crippen LogP contribution in [0.2, 0.25) is 0 Å². The molecular formula is C14H14N4. The number of pyridine rings is 1. The fraction of sp³-hybridized carbons (Fsp3) is 0.143. The second kappa shape index (κ2) is 4.49. The summed E-state index contributed by atoms with van der Waals surface area (Å²) < 4.78 is 0. The molecule has 3 aromatic rings. The Balaban J connectivity index is 1.84. The molecule has 0 fully saturated rings. The number of rotatable bonds is 3. The van der Waals surface area contributed by atoms with E-state index in [0.717, 1.165) is 17.0 Å². The van der Waals surface area contributed by atoms with Crippen molar-refractivity contribution in [3.63, 3.8) is 0 Å². The van der Waals surface area contributed by atoms with Gasteiger partial charge in [0.15, 0.2) is 0 Å². The largest absolute Gasteiger partial charge is 0.349 e. The Morgan fingerprint density at radius 2 is 1.89 bits per heavy atom. The Bertz CT molecular complexity index is 612. The van der Waals surface area contributed by atoms with E-state index in [1.165, 1.54) is 5.56 Å². The summed E-state index contributed by atoms with van der Waals surface area (Å²) >= 11 is 0. The van der Waals surface area contributed by atoms with E-state index in [4.69, 9.17) is 0 Å². The number of aromatic nitrogens is 3. The van der Waals surface area contributed by atoms with E-state index < -0.39 is 0 Å². The normalized spacial score (nSPS) is 12.5. The first kappa shape index (κ1) is 10.8. The monoisotopic (exact) mass is 238 g/mol. The molecule has 90 valence electrons. The van der Waals surface area contributed by atoms with Crippen LogP contribution in [0.1, 0.15) is 18.5 Å². The quantitative estimate of drug-likeness (QED) is 0.737. The van der Waals surface area contributed by atoms with Gasteiger partial charge in [0.1, 0.15) is 0 Å². The maximum absolute atomic E-state index is 4.50. The van der Waals surface area contributed by atoms with Crippen molar-refractivity contribution in [3.05, 3.63) is 54.4 Å². The Kier molecular flexibility index (Phi) is 2.68. The predicted octanol–water partition coefficient (Wildman–Crippen LogP) is 3.13. The molecule has 2 aromatic heterocycles. The van der Waals surface area contributed by atoms with Crippen LogP contribution >= 0.6 is 0 Å². The lowest BCUT2D eigenvalue weighted by molar-refractivity contribution is 0.865. The van der Waals surface area contributed by atoms with E-state index >= 15 is 0 Å². The highest BCUT2D eigenvalue weighted by molar-refractivity contribution is 5.77. The maximum Gasteiger partial charge on any atom is 0.201 e. The van der Waals surface area contributed by atoms with E-state index in [2.05, 4.69) is 27.2 Å². The molecular weight excluding hydrogens is 224 g/mol. The highest BCUT2D eigenvalue weighted by Gasteiger charge is 2.07. The number of para-hydroxylation sites is 2. The molecule has 3 rings (SSSR count). The van der Waals surface area contributed by atoms with Crippen LogP contribution in [0.15, 0.2) is 48.8 Å². The Morgan fingerprint density at radius 3 is 2.67 bits per heavy atom. The zero-order chi connectivity index (χ0) is 12.4. The van der Waals surface area contributed by atoms with Crippen LogP contribution in [0.5, 0.6) is 0 Å². The first-order valence-corrected chi connectivity index (χ1v) is 5.94. The average Bonchev–Trinajstić information content (AvgIpc) is 2.82. The highest BCUT2D eigenvalue weighted by Crippen LogP contribution is 2.19. The molecule has 0 bridgehead atoms. The van der Waals surface area contributed by atoms with Gasteiger partial charge in [0.2, 0.25) is 5.95 Å². The van der Waals surface area contributed by atoms with Gasteiger partial charge in [-0.3, -0.25) is 4.98 Å². The lowest BCUT2D eigenvalue weighted by Crippen LogP contribution is -2.07. The topological polar surface area (TPSA) is 53.6 Å². The van der Waals surface area contributed by atoms with Gasteiger partial charge >= 0.3 is 0 Å². The van der Waals surface area contributed by atoms with Gasteiger partial charge in [0.05, 0.1) is 17.1 Å². The molecule has 18 heavy (non-hydrogen) atoms. The molecule has 4 heteroatoms. The number of aromatic amines is 1. The number of hydrogen-bond acceptors (Lipinski definition) is 3. The van der Waals surface area contributed by atoms with Crippen LogP contribution in [0, 0.1) is 0 Å². The fourth-order valence-corrected chi connectivity index (χ4v) is 1.96. The third kappa shape index (κ3) is 2.05. The van der Waals surface area contributed by atoms with E-state index in [9.17, 15) is 0 Å². The van der Waals surface area contributed by atoms with Crippen molar-refractivity contribution in [1.29, 1.82) is 0 Å². The van der Waals surface area contributed by atoms with Gasteiger partial charge in [-0.1, -0.05) is 12.1 Å². The van der Waals surface area contributed by atoms with Crippen LogP contribution < -0.4 is 5.32 Å². The number of nitrogens with zero attached hydrogens (tertiary/aromatic N) is 2. The lowest BCUT2D eigenvalue weighted by Gasteiger charge is -2.12. The van der Waals surface area contributed by atoms with E-state index in [1.54, 1.807) is 12.4 Å². The second-order valence-corrected chi connectivity index (χ2v) is 4.25. The average molecular weight is 238 g/mol. The molecule has 0 saturated heterocycles. The Hall–Kier alpha value is -2.36. The molecule has 0 aliphatic carbocycles. The van der Waals surface area contributed by atoms with E-state index in [0.29, 0.717) is 0 Å². The summed E-state index contributed by atoms with van der Waals surface area (Å²) in [6.45, 7) is 2.10. The van der Waals surface area contributed by atoms with Gasteiger partial charge in [0.25, 0.3) is 0 Å². The number of imidazole rings is 1. The first-order chi connectivity index (χ1) is 8.83. The first-order valence-electron chi connectivity index (χ1n) is 5.94. The SMILES string of the molecule is CC(Nc1nc2ccccc2[nH]1)c1ccncc1. The predicted molar refractivity (Wildman–Crippen MR) is 72.4 cm³/mol. The zero-order valence-electron chi connectivity index (χ0n) is 10.1. The number of nitrogens with one attached hydrogen (secondary N) is 2. The second-order valence-electron chi connectivity index (χ2n) is 4.25. The summed E-state index contributed by atoms with van der Waals surface area (Å²) in [5.74, 6) is 0.792. The van der Waals surface area contributed by atoms with Gasteiger partial charge < -0.3 is 10.3 Å². The van der Waals surface area contributed by atoms with Crippen molar-refractivity contribution in [3.8, 4) is 0 Å². The molecule has 1 unspecified atom stereocenters. The maximum atomic E-state index is 4.50. The van der Waals surface area contributed by atoms with Crippen molar-refractivity contribution in [1.82, 2.24) is 15.0 Å². The van der Waals surface area contributed by atoms with Gasteiger partial charge in [-0.05, 0) is 36.8 Å².